The van der Waals surface area contributed by atoms with E-state index in [-0.39, 0.29) is 11.8 Å². The molecule has 6 nitrogen and oxygen atoms in total. The molecule has 0 bridgehead atoms. The van der Waals surface area contributed by atoms with E-state index in [9.17, 15) is 9.59 Å². The normalized spacial score (nSPS) is 21.3. The summed E-state index contributed by atoms with van der Waals surface area (Å²) in [5, 5.41) is 11.9. The summed E-state index contributed by atoms with van der Waals surface area (Å²) < 4.78 is 10.5. The van der Waals surface area contributed by atoms with Crippen LogP contribution in [0, 0.1) is 11.8 Å². The molecule has 1 heterocycles. The Bertz CT molecular complexity index is 457. The lowest BCUT2D eigenvalue weighted by Crippen LogP contribution is -2.36. The molecule has 0 unspecified atom stereocenters. The van der Waals surface area contributed by atoms with Crippen molar-refractivity contribution in [2.75, 3.05) is 13.2 Å². The summed E-state index contributed by atoms with van der Waals surface area (Å²) in [7, 11) is 0. The van der Waals surface area contributed by atoms with Crippen LogP contribution in [0.5, 0.6) is 0 Å². The van der Waals surface area contributed by atoms with Crippen molar-refractivity contribution in [3.8, 4) is 0 Å². The number of ether oxygens (including phenoxy) is 1. The van der Waals surface area contributed by atoms with E-state index in [1.54, 1.807) is 12.3 Å². The van der Waals surface area contributed by atoms with E-state index in [4.69, 9.17) is 14.3 Å². The van der Waals surface area contributed by atoms with Crippen molar-refractivity contribution in [3.05, 3.63) is 24.2 Å². The van der Waals surface area contributed by atoms with Gasteiger partial charge in [0.2, 0.25) is 5.91 Å². The lowest BCUT2D eigenvalue weighted by Gasteiger charge is -2.15. The first-order chi connectivity index (χ1) is 10.2. The molecule has 0 aliphatic heterocycles. The van der Waals surface area contributed by atoms with E-state index in [2.05, 4.69) is 5.32 Å². The van der Waals surface area contributed by atoms with Crippen LogP contribution in [-0.2, 0) is 20.9 Å². The number of nitrogens with one attached hydrogen (secondary N) is 1. The zero-order chi connectivity index (χ0) is 15.1. The molecule has 116 valence electrons. The highest BCUT2D eigenvalue weighted by atomic mass is 16.5. The fourth-order valence-electron chi connectivity index (χ4n) is 2.65. The van der Waals surface area contributed by atoms with Gasteiger partial charge in [0.15, 0.2) is 0 Å². The second-order valence-corrected chi connectivity index (χ2v) is 5.26. The van der Waals surface area contributed by atoms with Crippen LogP contribution in [0.1, 0.15) is 31.4 Å². The molecule has 1 amide bonds. The molecule has 0 radical (unpaired) electrons. The van der Waals surface area contributed by atoms with Crippen LogP contribution < -0.4 is 5.32 Å². The second-order valence-electron chi connectivity index (χ2n) is 5.26. The van der Waals surface area contributed by atoms with E-state index in [1.807, 2.05) is 6.07 Å². The number of hydrogen-bond donors (Lipinski definition) is 2. The summed E-state index contributed by atoms with van der Waals surface area (Å²) in [4.78, 5) is 23.0. The molecule has 21 heavy (non-hydrogen) atoms. The van der Waals surface area contributed by atoms with Gasteiger partial charge < -0.3 is 19.6 Å². The number of aliphatic carboxylic acids is 1. The van der Waals surface area contributed by atoms with E-state index in [0.717, 1.165) is 12.2 Å². The fraction of sp³-hybridized carbons (Fsp3) is 0.600. The highest BCUT2D eigenvalue weighted by molar-refractivity contribution is 5.85. The summed E-state index contributed by atoms with van der Waals surface area (Å²) in [5.74, 6) is -1.15. The molecule has 0 aromatic carbocycles. The third-order valence-electron chi connectivity index (χ3n) is 3.76. The number of carbonyl (C=O) groups excluding carboxylic acids is 1. The summed E-state index contributed by atoms with van der Waals surface area (Å²) in [6.45, 7) is 1.44. The van der Waals surface area contributed by atoms with E-state index >= 15 is 0 Å². The molecule has 1 aromatic rings. The number of carboxylic acids is 1. The van der Waals surface area contributed by atoms with Gasteiger partial charge in [0.1, 0.15) is 12.4 Å². The van der Waals surface area contributed by atoms with Crippen LogP contribution in [0.2, 0.25) is 0 Å². The highest BCUT2D eigenvalue weighted by Crippen LogP contribution is 2.31. The number of rotatable bonds is 8. The smallest absolute Gasteiger partial charge is 0.307 e. The Balaban J connectivity index is 1.58. The SMILES string of the molecule is O=C(O)[C@H]1CCC[C@H]1C(=O)NCCCOCc1ccco1. The summed E-state index contributed by atoms with van der Waals surface area (Å²) in [5.41, 5.74) is 0. The predicted molar refractivity (Wildman–Crippen MR) is 74.5 cm³/mol. The van der Waals surface area contributed by atoms with E-state index < -0.39 is 11.9 Å². The molecule has 1 aliphatic carbocycles. The van der Waals surface area contributed by atoms with Crippen molar-refractivity contribution in [1.82, 2.24) is 5.32 Å². The first-order valence-electron chi connectivity index (χ1n) is 7.29. The van der Waals surface area contributed by atoms with Gasteiger partial charge in [-0.25, -0.2) is 0 Å². The van der Waals surface area contributed by atoms with Crippen molar-refractivity contribution >= 4 is 11.9 Å². The molecule has 0 spiro atoms. The fourth-order valence-corrected chi connectivity index (χ4v) is 2.65. The average Bonchev–Trinajstić information content (AvgIpc) is 3.12. The van der Waals surface area contributed by atoms with Gasteiger partial charge in [-0.2, -0.15) is 0 Å². The van der Waals surface area contributed by atoms with E-state index in [0.29, 0.717) is 39.0 Å². The van der Waals surface area contributed by atoms with Crippen LogP contribution in [0.3, 0.4) is 0 Å². The molecule has 1 aromatic heterocycles. The summed E-state index contributed by atoms with van der Waals surface area (Å²) >= 11 is 0. The standard InChI is InChI=1S/C15H21NO5/c17-14(12-5-1-6-13(12)15(18)19)16-7-3-8-20-10-11-4-2-9-21-11/h2,4,9,12-13H,1,3,5-8,10H2,(H,16,17)(H,18,19)/t12-,13+/m1/s1. The number of carboxylic acid groups (broad SMARTS) is 1. The highest BCUT2D eigenvalue weighted by Gasteiger charge is 2.37. The van der Waals surface area contributed by atoms with Crippen LogP contribution in [0.25, 0.3) is 0 Å². The maximum absolute atomic E-state index is 11.9. The molecule has 1 fully saturated rings. The number of amides is 1. The van der Waals surface area contributed by atoms with Crippen molar-refractivity contribution < 1.29 is 23.8 Å². The molecule has 6 heteroatoms. The quantitative estimate of drug-likeness (QED) is 0.714. The minimum atomic E-state index is -0.866. The van der Waals surface area contributed by atoms with Crippen LogP contribution in [-0.4, -0.2) is 30.1 Å². The van der Waals surface area contributed by atoms with Crippen LogP contribution in [0.4, 0.5) is 0 Å². The zero-order valence-electron chi connectivity index (χ0n) is 11.9. The zero-order valence-corrected chi connectivity index (χ0v) is 11.9. The monoisotopic (exact) mass is 295 g/mol. The number of furan rings is 1. The Morgan fingerprint density at radius 2 is 2.19 bits per heavy atom. The summed E-state index contributed by atoms with van der Waals surface area (Å²) in [6, 6.07) is 3.65. The summed E-state index contributed by atoms with van der Waals surface area (Å²) in [6.07, 6.45) is 4.36. The van der Waals surface area contributed by atoms with Crippen molar-refractivity contribution in [2.45, 2.75) is 32.3 Å². The molecule has 0 saturated heterocycles. The maximum Gasteiger partial charge on any atom is 0.307 e. The first kappa shape index (κ1) is 15.6. The predicted octanol–water partition coefficient (Wildman–Crippen LogP) is 1.80. The van der Waals surface area contributed by atoms with Crippen LogP contribution >= 0.6 is 0 Å². The molecule has 2 atom stereocenters. The van der Waals surface area contributed by atoms with Gasteiger partial charge in [-0.3, -0.25) is 9.59 Å². The maximum atomic E-state index is 11.9. The average molecular weight is 295 g/mol. The number of hydrogen-bond acceptors (Lipinski definition) is 4. The minimum Gasteiger partial charge on any atom is -0.481 e. The van der Waals surface area contributed by atoms with Crippen molar-refractivity contribution in [3.63, 3.8) is 0 Å². The molecule has 2 rings (SSSR count). The molecule has 2 N–H and O–H groups in total. The van der Waals surface area contributed by atoms with Gasteiger partial charge in [0, 0.05) is 13.2 Å². The Hall–Kier alpha value is -1.82. The van der Waals surface area contributed by atoms with Gasteiger partial charge in [0.25, 0.3) is 0 Å². The largest absolute Gasteiger partial charge is 0.481 e. The lowest BCUT2D eigenvalue weighted by atomic mass is 9.95. The lowest BCUT2D eigenvalue weighted by molar-refractivity contribution is -0.146. The second kappa shape index (κ2) is 7.83. The number of carbonyl (C=O) groups is 2. The Morgan fingerprint density at radius 1 is 1.38 bits per heavy atom. The topological polar surface area (TPSA) is 88.8 Å². The Morgan fingerprint density at radius 3 is 2.90 bits per heavy atom. The molecular formula is C15H21NO5. The molecular weight excluding hydrogens is 274 g/mol. The van der Waals surface area contributed by atoms with Gasteiger partial charge >= 0.3 is 5.97 Å². The van der Waals surface area contributed by atoms with Gasteiger partial charge in [0.05, 0.1) is 18.1 Å². The van der Waals surface area contributed by atoms with E-state index in [1.165, 1.54) is 0 Å². The first-order valence-corrected chi connectivity index (χ1v) is 7.29. The van der Waals surface area contributed by atoms with Crippen LogP contribution in [0.15, 0.2) is 22.8 Å². The van der Waals surface area contributed by atoms with Gasteiger partial charge in [-0.15, -0.1) is 0 Å². The van der Waals surface area contributed by atoms with Crippen molar-refractivity contribution in [1.29, 1.82) is 0 Å². The van der Waals surface area contributed by atoms with Gasteiger partial charge in [-0.1, -0.05) is 6.42 Å². The van der Waals surface area contributed by atoms with Crippen molar-refractivity contribution in [2.24, 2.45) is 11.8 Å². The molecule has 1 aliphatic rings. The Kier molecular flexibility index (Phi) is 5.80. The third kappa shape index (κ3) is 4.60. The molecule has 1 saturated carbocycles. The minimum absolute atomic E-state index is 0.147. The third-order valence-corrected chi connectivity index (χ3v) is 3.76. The van der Waals surface area contributed by atoms with Gasteiger partial charge in [-0.05, 0) is 31.4 Å². The Labute approximate surface area is 123 Å².